The van der Waals surface area contributed by atoms with Crippen molar-refractivity contribution in [2.75, 3.05) is 6.61 Å². The molecule has 0 heterocycles. The summed E-state index contributed by atoms with van der Waals surface area (Å²) in [6.07, 6.45) is 0. The first-order chi connectivity index (χ1) is 7.60. The minimum atomic E-state index is -0.656. The Kier molecular flexibility index (Phi) is 8.32. The van der Waals surface area contributed by atoms with Crippen molar-refractivity contribution in [1.29, 1.82) is 5.26 Å². The molecule has 0 aromatic heterocycles. The summed E-state index contributed by atoms with van der Waals surface area (Å²) in [4.78, 5) is 12.0. The van der Waals surface area contributed by atoms with Crippen LogP contribution in [0.3, 0.4) is 0 Å². The molecule has 0 aliphatic heterocycles. The first kappa shape index (κ1) is 17.1. The van der Waals surface area contributed by atoms with Gasteiger partial charge in [0.15, 0.2) is 6.61 Å². The summed E-state index contributed by atoms with van der Waals surface area (Å²) in [6, 6.07) is 4.43. The molecular formula is C9H6KN3O2S2. The first-order valence-electron chi connectivity index (χ1n) is 4.05. The van der Waals surface area contributed by atoms with Gasteiger partial charge in [0.25, 0.3) is 0 Å². The van der Waals surface area contributed by atoms with E-state index in [-0.39, 0.29) is 69.2 Å². The van der Waals surface area contributed by atoms with E-state index in [1.54, 1.807) is 6.07 Å². The minimum Gasteiger partial charge on any atom is -0.706 e. The van der Waals surface area contributed by atoms with Crippen LogP contribution in [0.15, 0.2) is 27.0 Å². The van der Waals surface area contributed by atoms with E-state index >= 15 is 0 Å². The first-order valence-corrected chi connectivity index (χ1v) is 4.94. The number of nitrogens with zero attached hydrogens (tertiary/aromatic N) is 3. The Morgan fingerprint density at radius 3 is 2.41 bits per heavy atom. The number of hydrogen-bond acceptors (Lipinski definition) is 6. The molecule has 0 fully saturated rings. The van der Waals surface area contributed by atoms with Gasteiger partial charge in [0, 0.05) is 9.79 Å². The summed E-state index contributed by atoms with van der Waals surface area (Å²) < 4.78 is 4.60. The molecule has 0 atom stereocenters. The Bertz CT molecular complexity index is 465. The van der Waals surface area contributed by atoms with Crippen molar-refractivity contribution in [2.45, 2.75) is 9.79 Å². The summed E-state index contributed by atoms with van der Waals surface area (Å²) >= 11 is 8.06. The molecule has 0 saturated carbocycles. The van der Waals surface area contributed by atoms with Gasteiger partial charge in [-0.25, -0.2) is 4.79 Å². The molecule has 0 unspecified atom stereocenters. The summed E-state index contributed by atoms with van der Waals surface area (Å²) in [6.45, 7) is -0.325. The molecule has 0 radical (unpaired) electrons. The average molecular weight is 291 g/mol. The van der Waals surface area contributed by atoms with Crippen molar-refractivity contribution in [2.24, 2.45) is 5.11 Å². The number of thiol groups is 2. The molecule has 1 aromatic rings. The average Bonchev–Trinajstić information content (AvgIpc) is 2.25. The molecule has 0 amide bonds. The van der Waals surface area contributed by atoms with Gasteiger partial charge < -0.3 is 15.4 Å². The predicted molar refractivity (Wildman–Crippen MR) is 62.3 cm³/mol. The summed E-state index contributed by atoms with van der Waals surface area (Å²) in [5, 5.41) is 11.2. The van der Waals surface area contributed by atoms with Crippen LogP contribution in [0.4, 0.5) is 5.69 Å². The molecule has 1 rings (SSSR count). The van der Waals surface area contributed by atoms with Crippen molar-refractivity contribution >= 4 is 36.9 Å². The standard InChI is InChI=1S/C9H6N3O2S2.K/c10-1-2-14-9(13)5-3-6(15)8(12-11)7(16)4-5;/h3-4,15-16H,2H2;/q-1;+1. The normalized spacial score (nSPS) is 8.76. The Morgan fingerprint density at radius 2 is 2.00 bits per heavy atom. The van der Waals surface area contributed by atoms with Crippen LogP contribution in [-0.2, 0) is 4.74 Å². The summed E-state index contributed by atoms with van der Waals surface area (Å²) in [5.41, 5.74) is 9.00. The molecule has 1 aromatic carbocycles. The molecule has 0 saturated heterocycles. The quantitative estimate of drug-likeness (QED) is 0.344. The molecule has 82 valence electrons. The molecule has 17 heavy (non-hydrogen) atoms. The molecule has 0 bridgehead atoms. The molecule has 5 nitrogen and oxygen atoms in total. The van der Waals surface area contributed by atoms with Crippen molar-refractivity contribution in [3.63, 3.8) is 0 Å². The Labute approximate surface area is 152 Å². The maximum Gasteiger partial charge on any atom is 1.00 e. The van der Waals surface area contributed by atoms with Crippen molar-refractivity contribution in [3.05, 3.63) is 23.2 Å². The van der Waals surface area contributed by atoms with Gasteiger partial charge in [0.05, 0.1) is 11.3 Å². The minimum absolute atomic E-state index is 0. The number of carbonyl (C=O) groups is 1. The number of ether oxygens (including phenoxy) is 1. The van der Waals surface area contributed by atoms with Gasteiger partial charge in [0.2, 0.25) is 0 Å². The van der Waals surface area contributed by atoms with Crippen LogP contribution in [-0.4, -0.2) is 12.6 Å². The van der Waals surface area contributed by atoms with Gasteiger partial charge in [-0.05, 0) is 12.1 Å². The van der Waals surface area contributed by atoms with Crippen molar-refractivity contribution in [3.8, 4) is 6.07 Å². The van der Waals surface area contributed by atoms with Crippen LogP contribution in [0.25, 0.3) is 5.53 Å². The zero-order chi connectivity index (χ0) is 12.1. The Morgan fingerprint density at radius 1 is 1.47 bits per heavy atom. The third kappa shape index (κ3) is 4.71. The largest absolute Gasteiger partial charge is 1.00 e. The Balaban J connectivity index is 0.00000256. The van der Waals surface area contributed by atoms with Crippen molar-refractivity contribution in [1.82, 2.24) is 0 Å². The zero-order valence-corrected chi connectivity index (χ0v) is 13.8. The van der Waals surface area contributed by atoms with Crippen LogP contribution >= 0.6 is 25.3 Å². The molecule has 8 heteroatoms. The van der Waals surface area contributed by atoms with Crippen LogP contribution in [0.2, 0.25) is 0 Å². The number of nitriles is 1. The second-order valence-electron chi connectivity index (χ2n) is 2.70. The second-order valence-corrected chi connectivity index (χ2v) is 3.66. The van der Waals surface area contributed by atoms with Gasteiger partial charge in [-0.1, -0.05) is 0 Å². The molecular weight excluding hydrogens is 285 g/mol. The SMILES string of the molecule is N#CCOC(=O)c1cc(S)c(N=[N-])c(S)c1.[K+]. The second kappa shape index (κ2) is 8.26. The van der Waals surface area contributed by atoms with E-state index in [2.05, 4.69) is 35.1 Å². The number of benzene rings is 1. The van der Waals surface area contributed by atoms with Crippen molar-refractivity contribution < 1.29 is 60.9 Å². The van der Waals surface area contributed by atoms with Gasteiger partial charge in [-0.2, -0.15) is 5.26 Å². The fraction of sp³-hybridized carbons (Fsp3) is 0.111. The molecule has 0 spiro atoms. The number of carbonyl (C=O) groups excluding carboxylic acids is 1. The fourth-order valence-electron chi connectivity index (χ4n) is 1.01. The third-order valence-electron chi connectivity index (χ3n) is 1.67. The zero-order valence-electron chi connectivity index (χ0n) is 8.91. The van der Waals surface area contributed by atoms with E-state index in [9.17, 15) is 4.79 Å². The smallest absolute Gasteiger partial charge is 0.706 e. The number of hydrogen-bond donors (Lipinski definition) is 2. The molecule has 0 N–H and O–H groups in total. The Hall–Kier alpha value is 0.116. The van der Waals surface area contributed by atoms with Gasteiger partial charge in [0.1, 0.15) is 6.07 Å². The van der Waals surface area contributed by atoms with Gasteiger partial charge in [-0.15, -0.1) is 25.3 Å². The number of esters is 1. The monoisotopic (exact) mass is 291 g/mol. The summed E-state index contributed by atoms with van der Waals surface area (Å²) in [5.74, 6) is -0.656. The van der Waals surface area contributed by atoms with Crippen LogP contribution in [0.1, 0.15) is 10.4 Å². The van der Waals surface area contributed by atoms with E-state index in [0.29, 0.717) is 9.79 Å². The summed E-state index contributed by atoms with van der Waals surface area (Å²) in [7, 11) is 0. The topological polar surface area (TPSA) is 84.8 Å². The van der Waals surface area contributed by atoms with E-state index in [0.717, 1.165) is 0 Å². The maximum absolute atomic E-state index is 11.4. The fourth-order valence-corrected chi connectivity index (χ4v) is 1.70. The molecule has 0 aliphatic carbocycles. The van der Waals surface area contributed by atoms with E-state index < -0.39 is 5.97 Å². The van der Waals surface area contributed by atoms with E-state index in [1.807, 2.05) is 0 Å². The van der Waals surface area contributed by atoms with Gasteiger partial charge >= 0.3 is 57.4 Å². The predicted octanol–water partition coefficient (Wildman–Crippen LogP) is -0.399. The number of rotatable bonds is 3. The molecule has 0 aliphatic rings. The van der Waals surface area contributed by atoms with Crippen LogP contribution in [0, 0.1) is 11.3 Å². The maximum atomic E-state index is 11.4. The third-order valence-corrected chi connectivity index (χ3v) is 2.36. The van der Waals surface area contributed by atoms with Crippen LogP contribution in [0.5, 0.6) is 0 Å². The van der Waals surface area contributed by atoms with E-state index in [1.165, 1.54) is 12.1 Å². The van der Waals surface area contributed by atoms with E-state index in [4.69, 9.17) is 10.8 Å². The van der Waals surface area contributed by atoms with Crippen LogP contribution < -0.4 is 51.4 Å². The van der Waals surface area contributed by atoms with Gasteiger partial charge in [-0.3, -0.25) is 0 Å².